The van der Waals surface area contributed by atoms with Crippen LogP contribution in [0.15, 0.2) is 54.6 Å². The van der Waals surface area contributed by atoms with Crippen LogP contribution in [0.2, 0.25) is 33.0 Å². The van der Waals surface area contributed by atoms with Gasteiger partial charge < -0.3 is 0 Å². The minimum atomic E-state index is -2.48. The molecule has 0 aromatic carbocycles. The second-order valence-corrected chi connectivity index (χ2v) is 44.0. The van der Waals surface area contributed by atoms with E-state index in [1.54, 1.807) is 44.3 Å². The summed E-state index contributed by atoms with van der Waals surface area (Å²) in [5, 5.41) is 0. The SMILES string of the molecule is CCCCc1cc(-c2cc(CCCC)c(-c3ccc([Si](C)(C)C)s3)s2)sc1-c1ccc(-c2cc(CCCC)c(-c3cc[c]([Sn]([CH2]CCC)([CH2]CCC)[CH2]CCC)s3)s2)s1. The van der Waals surface area contributed by atoms with Gasteiger partial charge in [0, 0.05) is 14.6 Å². The quantitative estimate of drug-likeness (QED) is 0.0501. The van der Waals surface area contributed by atoms with Gasteiger partial charge in [0.2, 0.25) is 0 Å². The fraction of sp³-hybridized carbons (Fsp3) is 0.529. The topological polar surface area (TPSA) is 0 Å². The average molecular weight is 1020 g/mol. The molecule has 6 aromatic heterocycles. The molecule has 0 aliphatic heterocycles. The van der Waals surface area contributed by atoms with Crippen LogP contribution in [0.1, 0.15) is 135 Å². The molecule has 6 aromatic rings. The van der Waals surface area contributed by atoms with Crippen molar-refractivity contribution in [3.63, 3.8) is 0 Å². The number of thiophene rings is 6. The number of aryl methyl sites for hydroxylation is 3. The van der Waals surface area contributed by atoms with Gasteiger partial charge in [0.1, 0.15) is 0 Å². The monoisotopic (exact) mass is 1020 g/mol. The van der Waals surface area contributed by atoms with E-state index >= 15 is 0 Å². The molecule has 0 N–H and O–H groups in total. The number of hydrogen-bond donors (Lipinski definition) is 0. The number of hydrogen-bond acceptors (Lipinski definition) is 6. The van der Waals surface area contributed by atoms with Crippen molar-refractivity contribution in [3.8, 4) is 48.8 Å². The van der Waals surface area contributed by atoms with Crippen molar-refractivity contribution in [3.05, 3.63) is 71.3 Å². The van der Waals surface area contributed by atoms with Crippen molar-refractivity contribution in [2.45, 2.75) is 171 Å². The molecular formula is C51H72S6SiSn. The van der Waals surface area contributed by atoms with E-state index in [4.69, 9.17) is 0 Å². The van der Waals surface area contributed by atoms with Crippen LogP contribution in [0.4, 0.5) is 0 Å². The van der Waals surface area contributed by atoms with E-state index in [9.17, 15) is 0 Å². The predicted molar refractivity (Wildman–Crippen MR) is 284 cm³/mol. The van der Waals surface area contributed by atoms with E-state index in [1.165, 1.54) is 129 Å². The van der Waals surface area contributed by atoms with E-state index in [-0.39, 0.29) is 0 Å². The second-order valence-electron chi connectivity index (χ2n) is 18.0. The van der Waals surface area contributed by atoms with Crippen LogP contribution in [0.5, 0.6) is 0 Å². The van der Waals surface area contributed by atoms with Crippen molar-refractivity contribution < 1.29 is 0 Å². The molecule has 0 amide bonds. The minimum absolute atomic E-state index is 1.16. The third-order valence-electron chi connectivity index (χ3n) is 12.1. The zero-order valence-corrected chi connectivity index (χ0v) is 46.6. The Morgan fingerprint density at radius 2 is 0.763 bits per heavy atom. The van der Waals surface area contributed by atoms with E-state index in [2.05, 4.69) is 172 Å². The fourth-order valence-corrected chi connectivity index (χ4v) is 36.7. The van der Waals surface area contributed by atoms with Gasteiger partial charge >= 0.3 is 253 Å². The first-order valence-electron chi connectivity index (χ1n) is 23.3. The molecule has 0 saturated heterocycles. The predicted octanol–water partition coefficient (Wildman–Crippen LogP) is 19.0. The molecule has 8 heteroatoms. The Morgan fingerprint density at radius 1 is 0.390 bits per heavy atom. The van der Waals surface area contributed by atoms with Crippen molar-refractivity contribution in [2.75, 3.05) is 0 Å². The summed E-state index contributed by atoms with van der Waals surface area (Å²) >= 11 is 10.1. The molecule has 6 heterocycles. The van der Waals surface area contributed by atoms with Gasteiger partial charge in [-0.2, -0.15) is 0 Å². The zero-order chi connectivity index (χ0) is 42.0. The van der Waals surface area contributed by atoms with Gasteiger partial charge in [0.05, 0.1) is 8.07 Å². The van der Waals surface area contributed by atoms with Gasteiger partial charge in [0.25, 0.3) is 0 Å². The van der Waals surface area contributed by atoms with Crippen LogP contribution in [0.25, 0.3) is 48.8 Å². The Kier molecular flexibility index (Phi) is 18.4. The summed E-state index contributed by atoms with van der Waals surface area (Å²) in [7, 11) is -1.34. The third kappa shape index (κ3) is 11.9. The Morgan fingerprint density at radius 3 is 1.19 bits per heavy atom. The van der Waals surface area contributed by atoms with E-state index in [1.807, 2.05) is 14.2 Å². The molecule has 0 spiro atoms. The summed E-state index contributed by atoms with van der Waals surface area (Å²) < 4.78 is 8.13. The van der Waals surface area contributed by atoms with Crippen molar-refractivity contribution in [1.29, 1.82) is 0 Å². The van der Waals surface area contributed by atoms with Crippen LogP contribution in [-0.4, -0.2) is 26.5 Å². The van der Waals surface area contributed by atoms with Crippen molar-refractivity contribution in [1.82, 2.24) is 0 Å². The molecule has 0 atom stereocenters. The van der Waals surface area contributed by atoms with Gasteiger partial charge in [0.15, 0.2) is 0 Å². The number of rotatable bonds is 25. The van der Waals surface area contributed by atoms with Crippen LogP contribution < -0.4 is 7.39 Å². The normalized spacial score (nSPS) is 12.4. The maximum absolute atomic E-state index is 2.64. The molecule has 0 unspecified atom stereocenters. The summed E-state index contributed by atoms with van der Waals surface area (Å²) in [4.78, 5) is 14.9. The van der Waals surface area contributed by atoms with Gasteiger partial charge in [-0.25, -0.2) is 0 Å². The Hall–Kier alpha value is -0.784. The molecule has 6 rings (SSSR count). The van der Waals surface area contributed by atoms with Gasteiger partial charge in [-0.3, -0.25) is 0 Å². The number of unbranched alkanes of at least 4 members (excludes halogenated alkanes) is 6. The molecule has 0 saturated carbocycles. The zero-order valence-electron chi connectivity index (χ0n) is 37.9. The summed E-state index contributed by atoms with van der Waals surface area (Å²) in [6.45, 7) is 21.7. The van der Waals surface area contributed by atoms with Gasteiger partial charge in [-0.05, 0) is 41.5 Å². The molecular weight excluding hydrogens is 952 g/mol. The second kappa shape index (κ2) is 22.7. The Labute approximate surface area is 388 Å². The molecule has 0 aliphatic rings. The van der Waals surface area contributed by atoms with Gasteiger partial charge in [-0.1, -0.05) is 52.4 Å². The Bertz CT molecular complexity index is 2150. The van der Waals surface area contributed by atoms with Crippen LogP contribution >= 0.6 is 68.0 Å². The molecule has 0 nitrogen and oxygen atoms in total. The summed E-state index contributed by atoms with van der Waals surface area (Å²) in [6.07, 6.45) is 19.3. The van der Waals surface area contributed by atoms with Crippen LogP contribution in [-0.2, 0) is 19.3 Å². The third-order valence-corrected chi connectivity index (χ3v) is 41.7. The Balaban J connectivity index is 1.34. The van der Waals surface area contributed by atoms with Crippen molar-refractivity contribution in [2.24, 2.45) is 0 Å². The van der Waals surface area contributed by atoms with E-state index in [0.29, 0.717) is 0 Å². The molecule has 59 heavy (non-hydrogen) atoms. The summed E-state index contributed by atoms with van der Waals surface area (Å²) in [5.74, 6) is 0. The first-order valence-corrected chi connectivity index (χ1v) is 39.2. The molecule has 0 aliphatic carbocycles. The first-order chi connectivity index (χ1) is 28.6. The molecule has 0 bridgehead atoms. The van der Waals surface area contributed by atoms with E-state index < -0.39 is 26.5 Å². The standard InChI is InChI=1S/C39H45S6Si.3C4H9.Sn/c1-7-10-14-26-23-33(43-37(26)30-17-13-22-40-30)29-18-19-31(41-29)38-27(15-11-8-2)24-34(44-38)35-25-28(16-12-9-3)39(45-35)32-20-21-36(42-32)46(4,5)6;3*1-3-4-2;/h13,17-21,23-25H,7-12,14-16H2,1-6H3;3*1,3-4H2,2H3;. The molecule has 0 fully saturated rings. The summed E-state index contributed by atoms with van der Waals surface area (Å²) in [5.41, 5.74) is 4.69. The fourth-order valence-electron chi connectivity index (χ4n) is 8.43. The maximum atomic E-state index is 2.64. The van der Waals surface area contributed by atoms with Gasteiger partial charge in [-0.15, -0.1) is 22.7 Å². The average Bonchev–Trinajstić information content (AvgIpc) is 4.08. The molecule has 0 radical (unpaired) electrons. The molecule has 320 valence electrons. The first kappa shape index (κ1) is 47.7. The van der Waals surface area contributed by atoms with Crippen molar-refractivity contribution >= 4 is 102 Å². The summed E-state index contributed by atoms with van der Waals surface area (Å²) in [6, 6.07) is 22.7. The van der Waals surface area contributed by atoms with Crippen LogP contribution in [0.3, 0.4) is 0 Å². The van der Waals surface area contributed by atoms with Crippen LogP contribution in [0, 0.1) is 0 Å². The van der Waals surface area contributed by atoms with E-state index in [0.717, 1.165) is 6.42 Å².